The maximum atomic E-state index is 12.6. The number of thiazole rings is 1. The smallest absolute Gasteiger partial charge is 0.246 e. The Bertz CT molecular complexity index is 1360. The van der Waals surface area contributed by atoms with Crippen LogP contribution in [0.2, 0.25) is 0 Å². The van der Waals surface area contributed by atoms with Gasteiger partial charge in [0.1, 0.15) is 0 Å². The van der Waals surface area contributed by atoms with Crippen LogP contribution in [0.1, 0.15) is 9.67 Å². The van der Waals surface area contributed by atoms with Crippen molar-refractivity contribution in [1.29, 1.82) is 0 Å². The monoisotopic (exact) mass is 534 g/mol. The molecule has 1 unspecified atom stereocenters. The van der Waals surface area contributed by atoms with Gasteiger partial charge < -0.3 is 30.1 Å². The summed E-state index contributed by atoms with van der Waals surface area (Å²) in [7, 11) is 5.53. The van der Waals surface area contributed by atoms with Crippen molar-refractivity contribution in [2.45, 2.75) is 6.04 Å². The van der Waals surface area contributed by atoms with Crippen molar-refractivity contribution in [3.63, 3.8) is 0 Å². The van der Waals surface area contributed by atoms with E-state index in [1.807, 2.05) is 54.4 Å². The van der Waals surface area contributed by atoms with E-state index < -0.39 is 0 Å². The number of carbonyl (C=O) groups is 2. The summed E-state index contributed by atoms with van der Waals surface area (Å²) in [6, 6.07) is 5.93. The fourth-order valence-electron chi connectivity index (χ4n) is 4.52. The Morgan fingerprint density at radius 1 is 1.29 bits per heavy atom. The van der Waals surface area contributed by atoms with E-state index in [-0.39, 0.29) is 11.9 Å². The number of aromatic nitrogens is 3. The van der Waals surface area contributed by atoms with Gasteiger partial charge in [0.2, 0.25) is 5.91 Å². The minimum Gasteiger partial charge on any atom is -0.493 e. The molecule has 12 heteroatoms. The van der Waals surface area contributed by atoms with Gasteiger partial charge in [-0.25, -0.2) is 15.0 Å². The van der Waals surface area contributed by atoms with Gasteiger partial charge in [-0.05, 0) is 32.3 Å². The van der Waals surface area contributed by atoms with Crippen molar-refractivity contribution in [3.05, 3.63) is 47.6 Å². The second-order valence-electron chi connectivity index (χ2n) is 9.33. The number of hydrogen-bond acceptors (Lipinski definition) is 11. The maximum Gasteiger partial charge on any atom is 0.246 e. The quantitative estimate of drug-likeness (QED) is 0.330. The molecule has 5 heterocycles. The van der Waals surface area contributed by atoms with Crippen molar-refractivity contribution in [2.24, 2.45) is 0 Å². The van der Waals surface area contributed by atoms with Gasteiger partial charge >= 0.3 is 0 Å². The van der Waals surface area contributed by atoms with Crippen molar-refractivity contribution >= 4 is 46.0 Å². The summed E-state index contributed by atoms with van der Waals surface area (Å²) in [6.45, 7) is 3.49. The number of anilines is 4. The molecule has 1 fully saturated rings. The SMILES string of the molecule is COc1ccc(-c2cnc3c(c2)NCC2CN(C(=O)/C=C/CN(C)C)CCN32)nc1Nc1ncc(C=O)s1. The minimum absolute atomic E-state index is 0.0516. The zero-order chi connectivity index (χ0) is 26.6. The number of carbonyl (C=O) groups excluding carboxylic acids is 2. The van der Waals surface area contributed by atoms with E-state index >= 15 is 0 Å². The third-order valence-corrected chi connectivity index (χ3v) is 7.27. The molecule has 2 N–H and O–H groups in total. The summed E-state index contributed by atoms with van der Waals surface area (Å²) in [5, 5.41) is 7.20. The summed E-state index contributed by atoms with van der Waals surface area (Å²) >= 11 is 1.24. The second kappa shape index (κ2) is 11.2. The molecule has 0 aromatic carbocycles. The number of pyridine rings is 2. The van der Waals surface area contributed by atoms with Crippen LogP contribution >= 0.6 is 11.3 Å². The number of aldehydes is 1. The Morgan fingerprint density at radius 3 is 2.92 bits per heavy atom. The third kappa shape index (κ3) is 5.46. The van der Waals surface area contributed by atoms with E-state index in [0.29, 0.717) is 34.7 Å². The number of nitrogens with zero attached hydrogens (tertiary/aromatic N) is 6. The summed E-state index contributed by atoms with van der Waals surface area (Å²) < 4.78 is 5.46. The van der Waals surface area contributed by atoms with Crippen LogP contribution in [-0.4, -0.2) is 96.9 Å². The fourth-order valence-corrected chi connectivity index (χ4v) is 5.15. The van der Waals surface area contributed by atoms with Crippen molar-refractivity contribution < 1.29 is 14.3 Å². The summed E-state index contributed by atoms with van der Waals surface area (Å²) in [4.78, 5) is 44.1. The normalized spacial score (nSPS) is 16.7. The molecule has 0 bridgehead atoms. The highest BCUT2D eigenvalue weighted by atomic mass is 32.1. The first-order valence-corrected chi connectivity index (χ1v) is 13.1. The third-order valence-electron chi connectivity index (χ3n) is 6.43. The minimum atomic E-state index is 0.0516. The largest absolute Gasteiger partial charge is 0.493 e. The van der Waals surface area contributed by atoms with Crippen LogP contribution in [-0.2, 0) is 4.79 Å². The molecule has 198 valence electrons. The molecule has 1 amide bonds. The highest BCUT2D eigenvalue weighted by Crippen LogP contribution is 2.36. The molecule has 2 aliphatic heterocycles. The van der Waals surface area contributed by atoms with Gasteiger partial charge in [0.25, 0.3) is 0 Å². The second-order valence-corrected chi connectivity index (χ2v) is 10.4. The molecule has 2 aliphatic rings. The Kier molecular flexibility index (Phi) is 7.52. The van der Waals surface area contributed by atoms with Crippen molar-refractivity contribution in [1.82, 2.24) is 24.8 Å². The molecular formula is C26H30N8O3S. The lowest BCUT2D eigenvalue weighted by molar-refractivity contribution is -0.126. The lowest BCUT2D eigenvalue weighted by Crippen LogP contribution is -2.58. The number of piperazine rings is 1. The fraction of sp³-hybridized carbons (Fsp3) is 0.346. The van der Waals surface area contributed by atoms with E-state index in [1.165, 1.54) is 17.5 Å². The van der Waals surface area contributed by atoms with Gasteiger partial charge in [0.05, 0.1) is 35.6 Å². The Labute approximate surface area is 225 Å². The summed E-state index contributed by atoms with van der Waals surface area (Å²) in [5.74, 6) is 2.00. The molecular weight excluding hydrogens is 504 g/mol. The standard InChI is InChI=1S/C26H30N8O3S/c1-32(2)8-4-5-23(36)33-9-10-34-18(15-33)13-27-21-11-17(12-28-25(21)34)20-6-7-22(37-3)24(30-20)31-26-29-14-19(16-35)38-26/h4-7,11-12,14,16,18,27H,8-10,13,15H2,1-3H3,(H,29,30,31)/b5-4+. The Morgan fingerprint density at radius 2 is 2.16 bits per heavy atom. The molecule has 0 saturated carbocycles. The van der Waals surface area contributed by atoms with Gasteiger partial charge in [-0.2, -0.15) is 0 Å². The van der Waals surface area contributed by atoms with E-state index in [0.717, 1.165) is 48.7 Å². The molecule has 0 radical (unpaired) electrons. The number of amides is 1. The van der Waals surface area contributed by atoms with Gasteiger partial charge in [-0.3, -0.25) is 9.59 Å². The lowest BCUT2D eigenvalue weighted by atomic mass is 10.1. The molecule has 0 spiro atoms. The number of nitrogens with one attached hydrogen (secondary N) is 2. The molecule has 5 rings (SSSR count). The number of fused-ring (bicyclic) bond motifs is 3. The van der Waals surface area contributed by atoms with Crippen LogP contribution in [0.5, 0.6) is 5.75 Å². The van der Waals surface area contributed by atoms with Crippen molar-refractivity contribution in [3.8, 4) is 17.0 Å². The van der Waals surface area contributed by atoms with Crippen LogP contribution in [0.3, 0.4) is 0 Å². The first-order valence-electron chi connectivity index (χ1n) is 12.3. The average Bonchev–Trinajstić information content (AvgIpc) is 3.39. The van der Waals surface area contributed by atoms with Crippen LogP contribution < -0.4 is 20.3 Å². The maximum absolute atomic E-state index is 12.6. The molecule has 3 aromatic rings. The lowest BCUT2D eigenvalue weighted by Gasteiger charge is -2.45. The first kappa shape index (κ1) is 25.6. The topological polar surface area (TPSA) is 116 Å². The Hall–Kier alpha value is -4.03. The predicted octanol–water partition coefficient (Wildman–Crippen LogP) is 2.73. The highest BCUT2D eigenvalue weighted by Gasteiger charge is 2.34. The number of likely N-dealkylation sites (N-methyl/N-ethyl adjacent to an activating group) is 1. The van der Waals surface area contributed by atoms with Crippen LogP contribution in [0.25, 0.3) is 11.3 Å². The molecule has 0 aliphatic carbocycles. The molecule has 1 saturated heterocycles. The average molecular weight is 535 g/mol. The molecule has 1 atom stereocenters. The van der Waals surface area contributed by atoms with Crippen LogP contribution in [0, 0.1) is 0 Å². The van der Waals surface area contributed by atoms with Crippen LogP contribution in [0.4, 0.5) is 22.5 Å². The van der Waals surface area contributed by atoms with Gasteiger partial charge in [-0.15, -0.1) is 0 Å². The molecule has 38 heavy (non-hydrogen) atoms. The summed E-state index contributed by atoms with van der Waals surface area (Å²) in [5.41, 5.74) is 2.51. The van der Waals surface area contributed by atoms with Gasteiger partial charge in [-0.1, -0.05) is 17.4 Å². The van der Waals surface area contributed by atoms with Gasteiger partial charge in [0, 0.05) is 50.6 Å². The highest BCUT2D eigenvalue weighted by molar-refractivity contribution is 7.17. The van der Waals surface area contributed by atoms with E-state index in [2.05, 4.69) is 20.5 Å². The van der Waals surface area contributed by atoms with E-state index in [9.17, 15) is 9.59 Å². The van der Waals surface area contributed by atoms with E-state index in [1.54, 1.807) is 13.2 Å². The predicted molar refractivity (Wildman–Crippen MR) is 149 cm³/mol. The Balaban J connectivity index is 1.32. The molecule has 3 aromatic heterocycles. The number of rotatable bonds is 8. The molecule has 11 nitrogen and oxygen atoms in total. The van der Waals surface area contributed by atoms with E-state index in [4.69, 9.17) is 14.7 Å². The number of methoxy groups -OCH3 is 1. The zero-order valence-corrected chi connectivity index (χ0v) is 22.4. The summed E-state index contributed by atoms with van der Waals surface area (Å²) in [6.07, 6.45) is 7.67. The number of ether oxygens (including phenoxy) is 1. The number of hydrogen-bond donors (Lipinski definition) is 2. The van der Waals surface area contributed by atoms with Crippen molar-refractivity contribution in [2.75, 3.05) is 69.5 Å². The zero-order valence-electron chi connectivity index (χ0n) is 21.5. The van der Waals surface area contributed by atoms with Gasteiger partial charge in [0.15, 0.2) is 28.8 Å². The first-order chi connectivity index (χ1) is 18.4. The van der Waals surface area contributed by atoms with Crippen LogP contribution in [0.15, 0.2) is 42.7 Å².